The van der Waals surface area contributed by atoms with E-state index >= 15 is 0 Å². The number of ether oxygens (including phenoxy) is 1. The molecule has 0 spiro atoms. The summed E-state index contributed by atoms with van der Waals surface area (Å²) in [5.41, 5.74) is 2.48. The molecule has 0 radical (unpaired) electrons. The molecule has 3 aromatic rings. The number of phenolic OH excluding ortho intramolecular Hbond substituents is 1. The van der Waals surface area contributed by atoms with Crippen molar-refractivity contribution in [1.82, 2.24) is 20.1 Å². The van der Waals surface area contributed by atoms with Gasteiger partial charge in [0.2, 0.25) is 0 Å². The normalized spacial score (nSPS) is 20.9. The Hall–Kier alpha value is -3.78. The van der Waals surface area contributed by atoms with Crippen molar-refractivity contribution in [1.29, 1.82) is 0 Å². The van der Waals surface area contributed by atoms with Gasteiger partial charge < -0.3 is 20.1 Å². The van der Waals surface area contributed by atoms with E-state index in [1.165, 1.54) is 4.90 Å². The lowest BCUT2D eigenvalue weighted by Crippen LogP contribution is -2.53. The minimum absolute atomic E-state index is 0.112. The smallest absolute Gasteiger partial charge is 0.328 e. The van der Waals surface area contributed by atoms with Crippen LogP contribution in [0.4, 0.5) is 4.79 Å². The first kappa shape index (κ1) is 24.9. The monoisotopic (exact) mass is 502 g/mol. The molecule has 194 valence electrons. The lowest BCUT2D eigenvalue weighted by Gasteiger charge is -2.42. The zero-order valence-corrected chi connectivity index (χ0v) is 21.4. The molecule has 8 heteroatoms. The molecule has 8 nitrogen and oxygen atoms in total. The number of nitrogens with one attached hydrogen (secondary N) is 2. The summed E-state index contributed by atoms with van der Waals surface area (Å²) in [7, 11) is 0. The predicted molar refractivity (Wildman–Crippen MR) is 143 cm³/mol. The number of carbonyl (C=O) groups is 2. The number of amides is 3. The summed E-state index contributed by atoms with van der Waals surface area (Å²) in [4.78, 5) is 34.3. The summed E-state index contributed by atoms with van der Waals surface area (Å²) in [5, 5.41) is 14.6. The Morgan fingerprint density at radius 3 is 2.84 bits per heavy atom. The van der Waals surface area contributed by atoms with Crippen LogP contribution in [-0.2, 0) is 11.2 Å². The van der Waals surface area contributed by atoms with Crippen LogP contribution in [0.2, 0.25) is 0 Å². The first-order chi connectivity index (χ1) is 17.9. The molecule has 0 saturated carbocycles. The zero-order valence-electron chi connectivity index (χ0n) is 21.4. The second kappa shape index (κ2) is 9.94. The summed E-state index contributed by atoms with van der Waals surface area (Å²) in [5.74, 6) is 0.689. The Morgan fingerprint density at radius 1 is 1.24 bits per heavy atom. The Kier molecular flexibility index (Phi) is 6.69. The van der Waals surface area contributed by atoms with E-state index in [9.17, 15) is 14.7 Å². The predicted octanol–water partition coefficient (Wildman–Crippen LogP) is 4.50. The molecule has 2 aromatic carbocycles. The fourth-order valence-electron chi connectivity index (χ4n) is 5.68. The topological polar surface area (TPSA) is 97.9 Å². The van der Waals surface area contributed by atoms with Crippen LogP contribution in [0.3, 0.4) is 0 Å². The molecular weight excluding hydrogens is 468 g/mol. The van der Waals surface area contributed by atoms with Crippen molar-refractivity contribution in [3.05, 3.63) is 71.9 Å². The first-order valence-corrected chi connectivity index (χ1v) is 12.9. The van der Waals surface area contributed by atoms with Gasteiger partial charge in [-0.2, -0.15) is 0 Å². The largest absolute Gasteiger partial charge is 0.508 e. The molecule has 3 amide bonds. The quantitative estimate of drug-likeness (QED) is 0.216. The van der Waals surface area contributed by atoms with Crippen LogP contribution in [0.1, 0.15) is 49.6 Å². The van der Waals surface area contributed by atoms with E-state index in [2.05, 4.69) is 16.9 Å². The fourth-order valence-corrected chi connectivity index (χ4v) is 5.68. The maximum Gasteiger partial charge on any atom is 0.328 e. The average molecular weight is 503 g/mol. The number of carbonyl (C=O) groups excluding carboxylic acids is 2. The second-order valence-electron chi connectivity index (χ2n) is 9.90. The van der Waals surface area contributed by atoms with Crippen molar-refractivity contribution >= 4 is 22.8 Å². The Bertz CT molecular complexity index is 1350. The van der Waals surface area contributed by atoms with Gasteiger partial charge in [0.1, 0.15) is 23.1 Å². The van der Waals surface area contributed by atoms with E-state index in [0.29, 0.717) is 32.5 Å². The van der Waals surface area contributed by atoms with Crippen molar-refractivity contribution in [2.45, 2.75) is 44.7 Å². The number of hydrogen-bond donors (Lipinski definition) is 3. The summed E-state index contributed by atoms with van der Waals surface area (Å²) in [6, 6.07) is 12.0. The van der Waals surface area contributed by atoms with Crippen molar-refractivity contribution < 1.29 is 19.4 Å². The summed E-state index contributed by atoms with van der Waals surface area (Å²) < 4.78 is 5.75. The van der Waals surface area contributed by atoms with E-state index in [1.807, 2.05) is 44.2 Å². The molecule has 3 heterocycles. The van der Waals surface area contributed by atoms with Crippen LogP contribution in [-0.4, -0.2) is 63.6 Å². The maximum absolute atomic E-state index is 13.9. The molecule has 1 aromatic heterocycles. The molecule has 5 rings (SSSR count). The molecule has 2 aliphatic heterocycles. The van der Waals surface area contributed by atoms with Gasteiger partial charge in [0.15, 0.2) is 0 Å². The lowest BCUT2D eigenvalue weighted by molar-refractivity contribution is -0.133. The number of rotatable bonds is 10. The van der Waals surface area contributed by atoms with E-state index in [4.69, 9.17) is 4.74 Å². The number of H-pyrrole nitrogens is 1. The van der Waals surface area contributed by atoms with E-state index < -0.39 is 11.6 Å². The molecule has 2 aliphatic rings. The molecule has 0 unspecified atom stereocenters. The highest BCUT2D eigenvalue weighted by molar-refractivity contribution is 6.08. The number of imide groups is 1. The molecule has 37 heavy (non-hydrogen) atoms. The van der Waals surface area contributed by atoms with Gasteiger partial charge in [0.05, 0.1) is 6.61 Å². The van der Waals surface area contributed by atoms with Crippen molar-refractivity contribution in [2.75, 3.05) is 26.2 Å². The van der Waals surface area contributed by atoms with E-state index in [1.54, 1.807) is 23.1 Å². The van der Waals surface area contributed by atoms with Gasteiger partial charge in [-0.1, -0.05) is 18.2 Å². The highest BCUT2D eigenvalue weighted by Crippen LogP contribution is 2.49. The van der Waals surface area contributed by atoms with E-state index in [-0.39, 0.29) is 17.7 Å². The van der Waals surface area contributed by atoms with Gasteiger partial charge in [-0.25, -0.2) is 4.79 Å². The maximum atomic E-state index is 13.9. The number of hydrogen-bond acceptors (Lipinski definition) is 5. The molecule has 3 N–H and O–H groups in total. The van der Waals surface area contributed by atoms with Crippen LogP contribution in [0.25, 0.3) is 10.9 Å². The minimum Gasteiger partial charge on any atom is -0.508 e. The number of benzene rings is 2. The third-order valence-corrected chi connectivity index (χ3v) is 7.40. The third-order valence-electron chi connectivity index (χ3n) is 7.40. The van der Waals surface area contributed by atoms with Crippen LogP contribution in [0.15, 0.2) is 55.1 Å². The van der Waals surface area contributed by atoms with E-state index in [0.717, 1.165) is 46.4 Å². The van der Waals surface area contributed by atoms with Gasteiger partial charge in [-0.3, -0.25) is 14.6 Å². The number of aromatic nitrogens is 1. The summed E-state index contributed by atoms with van der Waals surface area (Å²) in [6.45, 7) is 9.96. The van der Waals surface area contributed by atoms with Crippen molar-refractivity contribution in [3.63, 3.8) is 0 Å². The number of aromatic amines is 1. The minimum atomic E-state index is -1.05. The van der Waals surface area contributed by atoms with Crippen molar-refractivity contribution in [2.24, 2.45) is 0 Å². The van der Waals surface area contributed by atoms with Crippen molar-refractivity contribution in [3.8, 4) is 11.5 Å². The fraction of sp³-hybridized carbons (Fsp3) is 0.379. The molecule has 0 bridgehead atoms. The Morgan fingerprint density at radius 2 is 2.08 bits per heavy atom. The highest BCUT2D eigenvalue weighted by atomic mass is 16.5. The Labute approximate surface area is 216 Å². The average Bonchev–Trinajstić information content (AvgIpc) is 3.32. The van der Waals surface area contributed by atoms with Gasteiger partial charge in [-0.15, -0.1) is 6.58 Å². The first-order valence-electron chi connectivity index (χ1n) is 12.9. The number of urea groups is 1. The standard InChI is InChI=1S/C29H34N4O4/c1-4-6-13-30-14-8-15-32-27(35)29(3)18-23-22-17-21(37-5-2)11-12-24(22)31-25(23)26(33(29)28(32)36)19-9-7-10-20(34)16-19/h4,7,9-12,16-17,26,30-31,34H,1,5-6,8,13-15,18H2,2-3H3/t26-,29+/m1/s1. The number of fused-ring (bicyclic) bond motifs is 4. The molecular formula is C29H34N4O4. The second-order valence-corrected chi connectivity index (χ2v) is 9.90. The van der Waals surface area contributed by atoms with Gasteiger partial charge in [0, 0.05) is 29.6 Å². The number of nitrogens with zero attached hydrogens (tertiary/aromatic N) is 2. The zero-order chi connectivity index (χ0) is 26.2. The summed E-state index contributed by atoms with van der Waals surface area (Å²) in [6.07, 6.45) is 3.79. The van der Waals surface area contributed by atoms with Gasteiger partial charge in [-0.05, 0) is 81.2 Å². The van der Waals surface area contributed by atoms with Crippen LogP contribution < -0.4 is 10.1 Å². The molecule has 0 aliphatic carbocycles. The SMILES string of the molecule is C=CCCNCCCN1C(=O)N2[C@H](c3cccc(O)c3)c3[nH]c4ccc(OCC)cc4c3C[C@@]2(C)C1=O. The molecule has 2 atom stereocenters. The highest BCUT2D eigenvalue weighted by Gasteiger charge is 2.60. The van der Waals surface area contributed by atoms with Crippen LogP contribution >= 0.6 is 0 Å². The molecule has 1 saturated heterocycles. The van der Waals surface area contributed by atoms with Crippen LogP contribution in [0, 0.1) is 0 Å². The summed E-state index contributed by atoms with van der Waals surface area (Å²) >= 11 is 0. The number of aromatic hydroxyl groups is 1. The van der Waals surface area contributed by atoms with Crippen LogP contribution in [0.5, 0.6) is 11.5 Å². The Balaban J connectivity index is 1.55. The van der Waals surface area contributed by atoms with Gasteiger partial charge in [0.25, 0.3) is 5.91 Å². The molecule has 1 fully saturated rings. The van der Waals surface area contributed by atoms with Gasteiger partial charge >= 0.3 is 6.03 Å². The lowest BCUT2D eigenvalue weighted by atomic mass is 9.81. The third kappa shape index (κ3) is 4.25. The number of phenols is 1.